The van der Waals surface area contributed by atoms with Gasteiger partial charge in [0.1, 0.15) is 5.82 Å². The predicted octanol–water partition coefficient (Wildman–Crippen LogP) is 3.46. The van der Waals surface area contributed by atoms with E-state index in [4.69, 9.17) is 11.6 Å². The van der Waals surface area contributed by atoms with E-state index >= 15 is 0 Å². The Hall–Kier alpha value is -1.20. The van der Waals surface area contributed by atoms with E-state index in [9.17, 15) is 0 Å². The molecule has 1 N–H and O–H groups in total. The van der Waals surface area contributed by atoms with E-state index in [2.05, 4.69) is 36.2 Å². The molecule has 2 aromatic rings. The highest BCUT2D eigenvalue weighted by Gasteiger charge is 2.10. The second-order valence-corrected chi connectivity index (χ2v) is 4.65. The Morgan fingerprint density at radius 3 is 2.88 bits per heavy atom. The van der Waals surface area contributed by atoms with Crippen molar-refractivity contribution in [3.63, 3.8) is 0 Å². The van der Waals surface area contributed by atoms with E-state index in [0.29, 0.717) is 5.82 Å². The first-order valence-corrected chi connectivity index (χ1v) is 6.19. The Kier molecular flexibility index (Phi) is 3.91. The number of anilines is 1. The Balaban J connectivity index is 2.18. The molecule has 0 aliphatic rings. The average molecular weight is 314 g/mol. The Bertz CT molecular complexity index is 506. The third-order valence-electron chi connectivity index (χ3n) is 2.20. The van der Waals surface area contributed by atoms with E-state index in [0.717, 1.165) is 10.2 Å². The van der Waals surface area contributed by atoms with Crippen LogP contribution >= 0.6 is 27.5 Å². The lowest BCUT2D eigenvalue weighted by molar-refractivity contribution is 0.829. The maximum atomic E-state index is 5.75. The highest BCUT2D eigenvalue weighted by Crippen LogP contribution is 2.24. The predicted molar refractivity (Wildman–Crippen MR) is 71.0 cm³/mol. The number of nitrogens with zero attached hydrogens (tertiary/aromatic N) is 3. The minimum absolute atomic E-state index is 0.0402. The van der Waals surface area contributed by atoms with Crippen molar-refractivity contribution >= 4 is 33.3 Å². The number of hydrogen-bond acceptors (Lipinski definition) is 4. The van der Waals surface area contributed by atoms with Crippen LogP contribution in [0.4, 0.5) is 5.82 Å². The molecule has 0 aromatic carbocycles. The molecule has 0 aliphatic carbocycles. The fourth-order valence-corrected chi connectivity index (χ4v) is 1.80. The molecule has 0 radical (unpaired) electrons. The van der Waals surface area contributed by atoms with Crippen molar-refractivity contribution in [2.75, 3.05) is 5.32 Å². The lowest BCUT2D eigenvalue weighted by Crippen LogP contribution is -2.10. The molecule has 0 bridgehead atoms. The topological polar surface area (TPSA) is 50.7 Å². The minimum Gasteiger partial charge on any atom is -0.361 e. The van der Waals surface area contributed by atoms with Crippen LogP contribution in [-0.2, 0) is 0 Å². The van der Waals surface area contributed by atoms with Crippen LogP contribution < -0.4 is 5.32 Å². The molecule has 0 saturated heterocycles. The standard InChI is InChI=1S/C11H10BrClN4/c1-7(9-4-2-3-5-14-9)16-10-8(12)6-15-11(13)17-10/h2-7H,1H3,(H,15,16,17). The van der Waals surface area contributed by atoms with Crippen LogP contribution in [0, 0.1) is 0 Å². The van der Waals surface area contributed by atoms with E-state index in [-0.39, 0.29) is 11.3 Å². The molecule has 2 aromatic heterocycles. The molecule has 2 rings (SSSR count). The van der Waals surface area contributed by atoms with E-state index in [1.165, 1.54) is 0 Å². The molecule has 1 unspecified atom stereocenters. The van der Waals surface area contributed by atoms with Crippen LogP contribution in [0.5, 0.6) is 0 Å². The third-order valence-corrected chi connectivity index (χ3v) is 2.96. The monoisotopic (exact) mass is 312 g/mol. The maximum Gasteiger partial charge on any atom is 0.224 e. The zero-order valence-corrected chi connectivity index (χ0v) is 11.4. The quantitative estimate of drug-likeness (QED) is 0.882. The summed E-state index contributed by atoms with van der Waals surface area (Å²) in [6.45, 7) is 2.00. The van der Waals surface area contributed by atoms with Crippen molar-refractivity contribution in [3.05, 3.63) is 46.0 Å². The second kappa shape index (κ2) is 5.42. The summed E-state index contributed by atoms with van der Waals surface area (Å²) in [6.07, 6.45) is 3.37. The van der Waals surface area contributed by atoms with E-state index < -0.39 is 0 Å². The molecule has 0 spiro atoms. The Morgan fingerprint density at radius 2 is 2.18 bits per heavy atom. The number of halogens is 2. The van der Waals surface area contributed by atoms with Crippen LogP contribution in [0.1, 0.15) is 18.7 Å². The summed E-state index contributed by atoms with van der Waals surface area (Å²) in [7, 11) is 0. The summed E-state index contributed by atoms with van der Waals surface area (Å²) >= 11 is 9.11. The molecule has 4 nitrogen and oxygen atoms in total. The summed E-state index contributed by atoms with van der Waals surface area (Å²) in [4.78, 5) is 12.3. The molecular weight excluding hydrogens is 304 g/mol. The molecule has 0 fully saturated rings. The van der Waals surface area contributed by atoms with Gasteiger partial charge in [0.15, 0.2) is 0 Å². The van der Waals surface area contributed by atoms with Gasteiger partial charge in [0.25, 0.3) is 0 Å². The van der Waals surface area contributed by atoms with Gasteiger partial charge in [-0.2, -0.15) is 4.98 Å². The first-order valence-electron chi connectivity index (χ1n) is 5.02. The molecule has 0 amide bonds. The normalized spacial score (nSPS) is 12.2. The molecule has 17 heavy (non-hydrogen) atoms. The van der Waals surface area contributed by atoms with Crippen molar-refractivity contribution < 1.29 is 0 Å². The van der Waals surface area contributed by atoms with Gasteiger partial charge in [0.05, 0.1) is 16.2 Å². The summed E-state index contributed by atoms with van der Waals surface area (Å²) in [5, 5.41) is 3.43. The molecule has 2 heterocycles. The van der Waals surface area contributed by atoms with Crippen molar-refractivity contribution in [2.45, 2.75) is 13.0 Å². The van der Waals surface area contributed by atoms with Gasteiger partial charge in [-0.1, -0.05) is 6.07 Å². The lowest BCUT2D eigenvalue weighted by Gasteiger charge is -2.14. The summed E-state index contributed by atoms with van der Waals surface area (Å²) in [5.74, 6) is 0.656. The summed E-state index contributed by atoms with van der Waals surface area (Å²) in [6, 6.07) is 5.82. The zero-order valence-electron chi connectivity index (χ0n) is 9.06. The number of nitrogens with one attached hydrogen (secondary N) is 1. The van der Waals surface area contributed by atoms with Gasteiger partial charge in [-0.05, 0) is 46.6 Å². The summed E-state index contributed by atoms with van der Waals surface area (Å²) < 4.78 is 0.768. The number of pyridine rings is 1. The molecule has 0 saturated carbocycles. The Labute approximate surface area is 113 Å². The largest absolute Gasteiger partial charge is 0.361 e. The molecule has 6 heteroatoms. The first-order chi connectivity index (χ1) is 8.16. The van der Waals surface area contributed by atoms with E-state index in [1.54, 1.807) is 12.4 Å². The van der Waals surface area contributed by atoms with Crippen molar-refractivity contribution in [1.29, 1.82) is 0 Å². The first kappa shape index (κ1) is 12.3. The van der Waals surface area contributed by atoms with Crippen LogP contribution in [0.2, 0.25) is 5.28 Å². The SMILES string of the molecule is CC(Nc1nc(Cl)ncc1Br)c1ccccn1. The zero-order chi connectivity index (χ0) is 12.3. The van der Waals surface area contributed by atoms with Crippen LogP contribution in [0.15, 0.2) is 35.1 Å². The van der Waals surface area contributed by atoms with Crippen LogP contribution in [-0.4, -0.2) is 15.0 Å². The molecular formula is C11H10BrClN4. The van der Waals surface area contributed by atoms with Crippen molar-refractivity contribution in [3.8, 4) is 0 Å². The minimum atomic E-state index is 0.0402. The van der Waals surface area contributed by atoms with Crippen LogP contribution in [0.3, 0.4) is 0 Å². The smallest absolute Gasteiger partial charge is 0.224 e. The number of rotatable bonds is 3. The van der Waals surface area contributed by atoms with Gasteiger partial charge in [-0.25, -0.2) is 4.98 Å². The summed E-state index contributed by atoms with van der Waals surface area (Å²) in [5.41, 5.74) is 0.939. The van der Waals surface area contributed by atoms with Crippen LogP contribution in [0.25, 0.3) is 0 Å². The number of hydrogen-bond donors (Lipinski definition) is 1. The highest BCUT2D eigenvalue weighted by molar-refractivity contribution is 9.10. The van der Waals surface area contributed by atoms with E-state index in [1.807, 2.05) is 25.1 Å². The maximum absolute atomic E-state index is 5.75. The lowest BCUT2D eigenvalue weighted by atomic mass is 10.2. The highest BCUT2D eigenvalue weighted by atomic mass is 79.9. The number of aromatic nitrogens is 3. The van der Waals surface area contributed by atoms with Crippen molar-refractivity contribution in [1.82, 2.24) is 15.0 Å². The van der Waals surface area contributed by atoms with Gasteiger partial charge in [-0.3, -0.25) is 4.98 Å². The van der Waals surface area contributed by atoms with Gasteiger partial charge in [-0.15, -0.1) is 0 Å². The fourth-order valence-electron chi connectivity index (χ4n) is 1.36. The van der Waals surface area contributed by atoms with Gasteiger partial charge in [0.2, 0.25) is 5.28 Å². The third kappa shape index (κ3) is 3.14. The Morgan fingerprint density at radius 1 is 1.35 bits per heavy atom. The van der Waals surface area contributed by atoms with Gasteiger partial charge >= 0.3 is 0 Å². The van der Waals surface area contributed by atoms with Gasteiger partial charge < -0.3 is 5.32 Å². The second-order valence-electron chi connectivity index (χ2n) is 3.46. The molecule has 1 atom stereocenters. The molecule has 0 aliphatic heterocycles. The average Bonchev–Trinajstić information content (AvgIpc) is 2.35. The van der Waals surface area contributed by atoms with Gasteiger partial charge in [0, 0.05) is 12.4 Å². The fraction of sp³-hybridized carbons (Fsp3) is 0.182. The molecule has 88 valence electrons. The van der Waals surface area contributed by atoms with Crippen molar-refractivity contribution in [2.24, 2.45) is 0 Å².